The van der Waals surface area contributed by atoms with Gasteiger partial charge < -0.3 is 26.2 Å². The number of ether oxygens (including phenoxy) is 1. The molecule has 1 unspecified atom stereocenters. The van der Waals surface area contributed by atoms with E-state index in [-0.39, 0.29) is 29.9 Å². The summed E-state index contributed by atoms with van der Waals surface area (Å²) in [6.45, 7) is 4.20. The number of hydrogen-bond donors (Lipinski definition) is 5. The van der Waals surface area contributed by atoms with E-state index in [1.165, 1.54) is 4.90 Å². The zero-order valence-corrected chi connectivity index (χ0v) is 25.5. The Hall–Kier alpha value is -3.88. The summed E-state index contributed by atoms with van der Waals surface area (Å²) in [6.07, 6.45) is 4.99. The predicted molar refractivity (Wildman–Crippen MR) is 176 cm³/mol. The summed E-state index contributed by atoms with van der Waals surface area (Å²) < 4.78 is 6.66. The largest absolute Gasteiger partial charge is 0.507 e. The number of phenolic OH excluding ortho intramolecular Hbond substituents is 1. The maximum Gasteiger partial charge on any atom is 0.255 e. The van der Waals surface area contributed by atoms with Crippen LogP contribution in [0.5, 0.6) is 11.5 Å². The number of hydrogen-bond acceptors (Lipinski definition) is 5. The van der Waals surface area contributed by atoms with E-state index >= 15 is 0 Å². The first-order valence-electron chi connectivity index (χ1n) is 13.9. The molecule has 9 heteroatoms. The van der Waals surface area contributed by atoms with Crippen molar-refractivity contribution in [3.05, 3.63) is 89.5 Å². The van der Waals surface area contributed by atoms with Crippen molar-refractivity contribution in [1.82, 2.24) is 0 Å². The molecule has 0 spiro atoms. The van der Waals surface area contributed by atoms with Crippen LogP contribution in [0.25, 0.3) is 10.8 Å². The molecular formula is C33H37ClN4O3S. The van der Waals surface area contributed by atoms with Gasteiger partial charge in [-0.05, 0) is 106 Å². The maximum atomic E-state index is 12.6. The normalized spacial score (nSPS) is 15.7. The van der Waals surface area contributed by atoms with Crippen LogP contribution in [0.1, 0.15) is 54.1 Å². The molecule has 4 aromatic rings. The average molecular weight is 605 g/mol. The fourth-order valence-corrected chi connectivity index (χ4v) is 6.25. The quantitative estimate of drug-likeness (QED) is 0.0573. The Morgan fingerprint density at radius 1 is 1.00 bits per heavy atom. The number of nitrogens with one attached hydrogen (secondary N) is 3. The molecule has 1 aliphatic heterocycles. The van der Waals surface area contributed by atoms with Crippen LogP contribution in [0.2, 0.25) is 0 Å². The van der Waals surface area contributed by atoms with Gasteiger partial charge in [-0.3, -0.25) is 10.2 Å². The van der Waals surface area contributed by atoms with Gasteiger partial charge in [0.05, 0.1) is 0 Å². The van der Waals surface area contributed by atoms with Crippen LogP contribution in [-0.4, -0.2) is 28.3 Å². The van der Waals surface area contributed by atoms with Crippen LogP contribution >= 0.6 is 24.2 Å². The maximum absolute atomic E-state index is 12.6. The molecule has 0 aliphatic carbocycles. The summed E-state index contributed by atoms with van der Waals surface area (Å²) in [4.78, 5) is 13.7. The second kappa shape index (κ2) is 13.4. The van der Waals surface area contributed by atoms with Crippen molar-refractivity contribution in [2.75, 3.05) is 16.4 Å². The molecule has 0 radical (unpaired) electrons. The number of halogens is 1. The van der Waals surface area contributed by atoms with Crippen LogP contribution in [-0.2, 0) is 6.42 Å². The highest BCUT2D eigenvalue weighted by Crippen LogP contribution is 2.46. The van der Waals surface area contributed by atoms with Crippen LogP contribution in [0.15, 0.2) is 77.7 Å². The van der Waals surface area contributed by atoms with E-state index in [1.54, 1.807) is 24.3 Å². The second-order valence-electron chi connectivity index (χ2n) is 10.8. The lowest BCUT2D eigenvalue weighted by Gasteiger charge is -2.37. The van der Waals surface area contributed by atoms with Crippen LogP contribution in [0.4, 0.5) is 11.4 Å². The fourth-order valence-electron chi connectivity index (χ4n) is 5.34. The molecule has 6 N–H and O–H groups in total. The standard InChI is InChI=1S/C33H36N4O3S.ClH/c1-21-26-17-19-33(2,40-30(26)28-8-4-3-7-27(28)29(21)38)18-5-6-20-41-25-15-13-23(14-16-25)36-31(39)22-9-11-24(12-10-22)37-32(34)35;/h3-4,7-16,38H,5-6,17-20H2,1-2H3,(H,36,39)(H4,34,35,37);1H. The minimum atomic E-state index is -0.214. The van der Waals surface area contributed by atoms with Gasteiger partial charge in [-0.1, -0.05) is 24.3 Å². The molecule has 1 amide bonds. The van der Waals surface area contributed by atoms with E-state index < -0.39 is 0 Å². The van der Waals surface area contributed by atoms with Gasteiger partial charge in [-0.25, -0.2) is 0 Å². The molecule has 0 fully saturated rings. The first-order chi connectivity index (χ1) is 19.7. The van der Waals surface area contributed by atoms with Gasteiger partial charge >= 0.3 is 0 Å². The number of anilines is 2. The number of benzene rings is 4. The number of amides is 1. The fraction of sp³-hybridized carbons (Fsp3) is 0.273. The molecule has 0 aromatic heterocycles. The van der Waals surface area contributed by atoms with Gasteiger partial charge in [-0.2, -0.15) is 0 Å². The Labute approximate surface area is 257 Å². The lowest BCUT2D eigenvalue weighted by Crippen LogP contribution is -2.36. The number of rotatable bonds is 9. The number of phenols is 1. The van der Waals surface area contributed by atoms with Crippen LogP contribution < -0.4 is 21.1 Å². The predicted octanol–water partition coefficient (Wildman–Crippen LogP) is 7.88. The number of fused-ring (bicyclic) bond motifs is 3. The topological polar surface area (TPSA) is 120 Å². The Balaban J connectivity index is 0.00000405. The number of carbonyl (C=O) groups is 1. The van der Waals surface area contributed by atoms with Gasteiger partial charge in [-0.15, -0.1) is 24.2 Å². The Morgan fingerprint density at radius 3 is 2.33 bits per heavy atom. The molecule has 0 bridgehead atoms. The summed E-state index contributed by atoms with van der Waals surface area (Å²) in [5.41, 5.74) is 9.11. The summed E-state index contributed by atoms with van der Waals surface area (Å²) in [6, 6.07) is 22.7. The Morgan fingerprint density at radius 2 is 1.64 bits per heavy atom. The van der Waals surface area contributed by atoms with E-state index in [0.29, 0.717) is 17.0 Å². The van der Waals surface area contributed by atoms with E-state index in [2.05, 4.69) is 17.6 Å². The number of guanidine groups is 1. The zero-order valence-electron chi connectivity index (χ0n) is 23.8. The highest BCUT2D eigenvalue weighted by molar-refractivity contribution is 7.99. The molecule has 5 rings (SSSR count). The van der Waals surface area contributed by atoms with Crippen LogP contribution in [0, 0.1) is 12.3 Å². The summed E-state index contributed by atoms with van der Waals surface area (Å²) in [7, 11) is 0. The van der Waals surface area contributed by atoms with Crippen molar-refractivity contribution in [1.29, 1.82) is 5.41 Å². The van der Waals surface area contributed by atoms with Gasteiger partial charge in [0, 0.05) is 38.2 Å². The van der Waals surface area contributed by atoms with Gasteiger partial charge in [0.25, 0.3) is 5.91 Å². The van der Waals surface area contributed by atoms with Gasteiger partial charge in [0.15, 0.2) is 5.96 Å². The lowest BCUT2D eigenvalue weighted by molar-refractivity contribution is 0.0557. The van der Waals surface area contributed by atoms with E-state index in [0.717, 1.165) is 71.2 Å². The number of thioether (sulfide) groups is 1. The molecule has 1 aliphatic rings. The first kappa shape index (κ1) is 31.1. The van der Waals surface area contributed by atoms with Crippen molar-refractivity contribution in [3.8, 4) is 11.5 Å². The third-order valence-electron chi connectivity index (χ3n) is 7.67. The van der Waals surface area contributed by atoms with E-state index in [4.69, 9.17) is 15.9 Å². The molecule has 1 atom stereocenters. The molecule has 7 nitrogen and oxygen atoms in total. The minimum absolute atomic E-state index is 0. The summed E-state index contributed by atoms with van der Waals surface area (Å²) in [5, 5.41) is 25.4. The number of unbranched alkanes of at least 4 members (excludes halogenated alkanes) is 1. The van der Waals surface area contributed by atoms with Crippen molar-refractivity contribution in [2.24, 2.45) is 5.73 Å². The van der Waals surface area contributed by atoms with E-state index in [9.17, 15) is 9.90 Å². The number of aromatic hydroxyl groups is 1. The molecule has 0 saturated heterocycles. The zero-order chi connectivity index (χ0) is 29.0. The van der Waals surface area contributed by atoms with E-state index in [1.807, 2.05) is 67.2 Å². The Kier molecular flexibility index (Phi) is 9.91. The SMILES string of the molecule is Cc1c2c(c3ccccc3c1O)OC(C)(CCCCSc1ccc(NC(=O)c3ccc(NC(=N)N)cc3)cc1)CC2.Cl. The van der Waals surface area contributed by atoms with Crippen molar-refractivity contribution >= 4 is 58.2 Å². The van der Waals surface area contributed by atoms with Crippen molar-refractivity contribution in [2.45, 2.75) is 56.4 Å². The highest BCUT2D eigenvalue weighted by atomic mass is 35.5. The second-order valence-corrected chi connectivity index (χ2v) is 11.9. The third kappa shape index (κ3) is 7.12. The first-order valence-corrected chi connectivity index (χ1v) is 14.9. The van der Waals surface area contributed by atoms with Gasteiger partial charge in [0.2, 0.25) is 0 Å². The molecule has 42 heavy (non-hydrogen) atoms. The summed E-state index contributed by atoms with van der Waals surface area (Å²) in [5.74, 6) is 1.97. The lowest BCUT2D eigenvalue weighted by atomic mass is 9.85. The molecule has 4 aromatic carbocycles. The minimum Gasteiger partial charge on any atom is -0.507 e. The smallest absolute Gasteiger partial charge is 0.255 e. The molecular weight excluding hydrogens is 568 g/mol. The highest BCUT2D eigenvalue weighted by Gasteiger charge is 2.33. The number of nitrogens with two attached hydrogens (primary N) is 1. The molecule has 220 valence electrons. The average Bonchev–Trinajstić information content (AvgIpc) is 2.96. The van der Waals surface area contributed by atoms with Crippen molar-refractivity contribution in [3.63, 3.8) is 0 Å². The van der Waals surface area contributed by atoms with Gasteiger partial charge in [0.1, 0.15) is 17.1 Å². The number of carbonyl (C=O) groups excluding carboxylic acids is 1. The third-order valence-corrected chi connectivity index (χ3v) is 8.77. The van der Waals surface area contributed by atoms with Crippen LogP contribution in [0.3, 0.4) is 0 Å². The van der Waals surface area contributed by atoms with Crippen molar-refractivity contribution < 1.29 is 14.6 Å². The summed E-state index contributed by atoms with van der Waals surface area (Å²) >= 11 is 1.81. The monoisotopic (exact) mass is 604 g/mol. The molecule has 0 saturated carbocycles. The Bertz CT molecular complexity index is 1580. The molecule has 1 heterocycles.